The third-order valence-corrected chi connectivity index (χ3v) is 17.1. The van der Waals surface area contributed by atoms with E-state index in [0.29, 0.717) is 67.0 Å². The molecule has 4 N–H and O–H groups in total. The van der Waals surface area contributed by atoms with Crippen LogP contribution in [0.3, 0.4) is 0 Å². The summed E-state index contributed by atoms with van der Waals surface area (Å²) in [5.41, 5.74) is 8.49. The largest absolute Gasteiger partial charge is 0.481 e. The monoisotopic (exact) mass is 676 g/mol. The van der Waals surface area contributed by atoms with Crippen molar-refractivity contribution in [2.45, 2.75) is 144 Å². The number of amides is 1. The summed E-state index contributed by atoms with van der Waals surface area (Å²) in [5, 5.41) is 12.7. The predicted molar refractivity (Wildman–Crippen MR) is 190 cm³/mol. The summed E-state index contributed by atoms with van der Waals surface area (Å²) >= 11 is 0. The maximum absolute atomic E-state index is 13.8. The number of carbonyl (C=O) groups is 4. The summed E-state index contributed by atoms with van der Waals surface area (Å²) < 4.78 is 0. The van der Waals surface area contributed by atoms with Crippen LogP contribution >= 0.6 is 0 Å². The second-order valence-corrected chi connectivity index (χ2v) is 19.9. The quantitative estimate of drug-likeness (QED) is 0.232. The Kier molecular flexibility index (Phi) is 8.49. The Balaban J connectivity index is 1.10. The molecule has 7 rings (SSSR count). The number of carbonyl (C=O) groups excluding carboxylic acids is 3. The molecule has 0 bridgehead atoms. The fourth-order valence-corrected chi connectivity index (χ4v) is 14.1. The summed E-state index contributed by atoms with van der Waals surface area (Å²) in [7, 11) is 0. The molecule has 49 heavy (non-hydrogen) atoms. The Bertz CT molecular complexity index is 1460. The molecule has 0 aromatic heterocycles. The number of carboxylic acid groups (broad SMARTS) is 1. The first-order valence-electron chi connectivity index (χ1n) is 20.0. The minimum atomic E-state index is -0.757. The van der Waals surface area contributed by atoms with Crippen LogP contribution in [0.2, 0.25) is 0 Å². The molecule has 0 aromatic carbocycles. The summed E-state index contributed by atoms with van der Waals surface area (Å²) in [4.78, 5) is 51.7. The molecule has 0 aromatic rings. The molecule has 0 radical (unpaired) electrons. The first-order chi connectivity index (χ1) is 22.9. The molecule has 0 heterocycles. The molecule has 0 aliphatic heterocycles. The van der Waals surface area contributed by atoms with Gasteiger partial charge in [-0.25, -0.2) is 0 Å². The van der Waals surface area contributed by atoms with Gasteiger partial charge in [0.25, 0.3) is 0 Å². The maximum Gasteiger partial charge on any atom is 0.306 e. The lowest BCUT2D eigenvalue weighted by atomic mass is 9.35. The van der Waals surface area contributed by atoms with E-state index in [1.165, 1.54) is 31.3 Å². The van der Waals surface area contributed by atoms with Crippen LogP contribution in [0.1, 0.15) is 138 Å². The van der Waals surface area contributed by atoms with E-state index in [2.05, 4.69) is 46.9 Å². The Morgan fingerprint density at radius 2 is 1.59 bits per heavy atom. The van der Waals surface area contributed by atoms with Crippen molar-refractivity contribution < 1.29 is 24.3 Å². The van der Waals surface area contributed by atoms with E-state index < -0.39 is 11.5 Å². The van der Waals surface area contributed by atoms with Crippen molar-refractivity contribution in [2.75, 3.05) is 6.54 Å². The molecular weight excluding hydrogens is 612 g/mol. The molecule has 1 amide bonds. The fourth-order valence-electron chi connectivity index (χ4n) is 14.1. The van der Waals surface area contributed by atoms with Crippen molar-refractivity contribution in [1.82, 2.24) is 5.32 Å². The second kappa shape index (κ2) is 11.7. The minimum absolute atomic E-state index is 0.0269. The zero-order valence-electron chi connectivity index (χ0n) is 31.5. The van der Waals surface area contributed by atoms with Crippen molar-refractivity contribution in [1.29, 1.82) is 0 Å². The number of nitrogens with two attached hydrogens (primary N) is 1. The number of ketones is 2. The van der Waals surface area contributed by atoms with Crippen molar-refractivity contribution >= 4 is 23.4 Å². The minimum Gasteiger partial charge on any atom is -0.481 e. The lowest BCUT2D eigenvalue weighted by Gasteiger charge is -2.69. The number of fused-ring (bicyclic) bond motifs is 7. The van der Waals surface area contributed by atoms with Gasteiger partial charge in [-0.2, -0.15) is 0 Å². The standard InChI is InChI=1S/C42H64N2O5/c1-23(2)34-31(46)22-41(18-19-44-37(49)42(43)16-17-42)15-11-29-26(35(34)41)8-9-33-39(29,6)14-12-32-38(4,5)25(10-13-40(32,33)7)20-30(45)27-21-28(24(27)3)36(47)48/h23-29,32-33H,8-22,43H2,1-7H3,(H,44,49)(H,47,48). The molecule has 7 heteroatoms. The highest BCUT2D eigenvalue weighted by Gasteiger charge is 2.66. The highest BCUT2D eigenvalue weighted by atomic mass is 16.4. The van der Waals surface area contributed by atoms with Gasteiger partial charge in [0, 0.05) is 30.7 Å². The SMILES string of the molecule is CC(C)C1=C2C3CCC4C(C)(CCC5C(C)(C)C(CC(=O)C6CC(C(=O)O)C6C)CCC54C)C3CCC2(CCNC(=O)C2(N)CC2)CC1=O. The number of hydrogen-bond donors (Lipinski definition) is 3. The van der Waals surface area contributed by atoms with E-state index in [4.69, 9.17) is 5.73 Å². The van der Waals surface area contributed by atoms with Crippen molar-refractivity contribution in [3.05, 3.63) is 11.1 Å². The van der Waals surface area contributed by atoms with Crippen molar-refractivity contribution in [3.63, 3.8) is 0 Å². The van der Waals surface area contributed by atoms with E-state index in [-0.39, 0.29) is 51.2 Å². The molecule has 6 fully saturated rings. The Morgan fingerprint density at radius 1 is 0.898 bits per heavy atom. The summed E-state index contributed by atoms with van der Waals surface area (Å²) in [6.07, 6.45) is 13.3. The number of carboxylic acids is 1. The summed E-state index contributed by atoms with van der Waals surface area (Å²) in [5.74, 6) is 2.13. The lowest BCUT2D eigenvalue weighted by Crippen LogP contribution is -2.62. The van der Waals surface area contributed by atoms with Crippen molar-refractivity contribution in [3.8, 4) is 0 Å². The van der Waals surface area contributed by atoms with Crippen LogP contribution in [0.15, 0.2) is 11.1 Å². The van der Waals surface area contributed by atoms with E-state index in [1.54, 1.807) is 0 Å². The highest BCUT2D eigenvalue weighted by Crippen LogP contribution is 2.74. The van der Waals surface area contributed by atoms with Gasteiger partial charge in [-0.15, -0.1) is 0 Å². The lowest BCUT2D eigenvalue weighted by molar-refractivity contribution is -0.193. The smallest absolute Gasteiger partial charge is 0.306 e. The zero-order chi connectivity index (χ0) is 35.5. The Morgan fingerprint density at radius 3 is 2.22 bits per heavy atom. The second-order valence-electron chi connectivity index (χ2n) is 19.9. The van der Waals surface area contributed by atoms with Gasteiger partial charge in [-0.05, 0) is 140 Å². The average Bonchev–Trinajstić information content (AvgIpc) is 3.68. The normalized spacial score (nSPS) is 44.6. The molecule has 7 aliphatic rings. The van der Waals surface area contributed by atoms with Crippen LogP contribution < -0.4 is 11.1 Å². The van der Waals surface area contributed by atoms with E-state index >= 15 is 0 Å². The Hall–Kier alpha value is -2.02. The molecule has 11 unspecified atom stereocenters. The molecule has 0 spiro atoms. The molecule has 11 atom stereocenters. The number of hydrogen-bond acceptors (Lipinski definition) is 5. The average molecular weight is 677 g/mol. The fraction of sp³-hybridized carbons (Fsp3) is 0.857. The summed E-state index contributed by atoms with van der Waals surface area (Å²) in [6.45, 7) is 17.1. The van der Waals surface area contributed by atoms with Crippen LogP contribution in [0.4, 0.5) is 0 Å². The molecular formula is C42H64N2O5. The summed E-state index contributed by atoms with van der Waals surface area (Å²) in [6, 6.07) is 0. The van der Waals surface area contributed by atoms with Gasteiger partial charge in [0.2, 0.25) is 5.91 Å². The number of allylic oxidation sites excluding steroid dienone is 2. The van der Waals surface area contributed by atoms with Gasteiger partial charge in [-0.1, -0.05) is 54.0 Å². The first-order valence-corrected chi connectivity index (χ1v) is 20.0. The van der Waals surface area contributed by atoms with E-state index in [1.807, 2.05) is 6.92 Å². The topological polar surface area (TPSA) is 127 Å². The number of rotatable bonds is 9. The van der Waals surface area contributed by atoms with Gasteiger partial charge in [0.15, 0.2) is 5.78 Å². The number of nitrogens with one attached hydrogen (secondary N) is 1. The number of Topliss-reactive ketones (excluding diaryl/α,β-unsaturated/α-hetero) is 2. The number of aliphatic carboxylic acids is 1. The van der Waals surface area contributed by atoms with Gasteiger partial charge in [0.1, 0.15) is 5.78 Å². The van der Waals surface area contributed by atoms with Crippen LogP contribution in [0.25, 0.3) is 0 Å². The van der Waals surface area contributed by atoms with Gasteiger partial charge in [-0.3, -0.25) is 19.2 Å². The highest BCUT2D eigenvalue weighted by molar-refractivity contribution is 6.00. The van der Waals surface area contributed by atoms with Gasteiger partial charge < -0.3 is 16.2 Å². The van der Waals surface area contributed by atoms with E-state index in [0.717, 1.165) is 50.5 Å². The van der Waals surface area contributed by atoms with Gasteiger partial charge in [0.05, 0.1) is 11.5 Å². The van der Waals surface area contributed by atoms with Gasteiger partial charge >= 0.3 is 5.97 Å². The third-order valence-electron chi connectivity index (χ3n) is 17.1. The molecule has 0 saturated heterocycles. The maximum atomic E-state index is 13.8. The van der Waals surface area contributed by atoms with Crippen LogP contribution in [0, 0.1) is 74.9 Å². The van der Waals surface area contributed by atoms with E-state index in [9.17, 15) is 24.3 Å². The molecule has 6 saturated carbocycles. The van der Waals surface area contributed by atoms with Crippen molar-refractivity contribution in [2.24, 2.45) is 80.7 Å². The predicted octanol–water partition coefficient (Wildman–Crippen LogP) is 7.51. The molecule has 272 valence electrons. The molecule has 7 aliphatic carbocycles. The van der Waals surface area contributed by atoms with Crippen LogP contribution in [-0.2, 0) is 19.2 Å². The first kappa shape index (κ1) is 35.4. The zero-order valence-corrected chi connectivity index (χ0v) is 31.5. The molecule has 7 nitrogen and oxygen atoms in total. The Labute approximate surface area is 294 Å². The third kappa shape index (κ3) is 5.26. The van der Waals surface area contributed by atoms with Crippen LogP contribution in [-0.4, -0.2) is 40.6 Å². The van der Waals surface area contributed by atoms with Crippen LogP contribution in [0.5, 0.6) is 0 Å².